The lowest BCUT2D eigenvalue weighted by molar-refractivity contribution is 0.574. The lowest BCUT2D eigenvalue weighted by Crippen LogP contribution is -2.23. The largest absolute Gasteiger partial charge is 0.455 e. The second kappa shape index (κ2) is 5.42. The molecule has 0 saturated carbocycles. The van der Waals surface area contributed by atoms with Crippen LogP contribution in [0.3, 0.4) is 0 Å². The van der Waals surface area contributed by atoms with Crippen molar-refractivity contribution in [2.45, 2.75) is 0 Å². The zero-order valence-corrected chi connectivity index (χ0v) is 10.1. The van der Waals surface area contributed by atoms with Gasteiger partial charge < -0.3 is 10.2 Å². The summed E-state index contributed by atoms with van der Waals surface area (Å²) >= 11 is 4.59. The van der Waals surface area contributed by atoms with Gasteiger partial charge in [0.2, 0.25) is 0 Å². The molecule has 0 aliphatic carbocycles. The predicted molar refractivity (Wildman–Crippen MR) is 71.6 cm³/mol. The minimum absolute atomic E-state index is 0.0802. The second-order valence-corrected chi connectivity index (χ2v) is 3.88. The molecule has 0 atom stereocenters. The van der Waals surface area contributed by atoms with Crippen molar-refractivity contribution in [3.8, 4) is 11.3 Å². The van der Waals surface area contributed by atoms with Crippen LogP contribution < -0.4 is 11.2 Å². The Hall–Kier alpha value is -2.21. The quantitative estimate of drug-likeness (QED) is 0.506. The third-order valence-electron chi connectivity index (χ3n) is 2.12. The minimum Gasteiger partial charge on any atom is -0.455 e. The molecule has 4 nitrogen and oxygen atoms in total. The lowest BCUT2D eigenvalue weighted by Gasteiger charge is -1.96. The summed E-state index contributed by atoms with van der Waals surface area (Å²) in [6, 6.07) is 9.55. The molecular formula is C12H10FN3OS. The van der Waals surface area contributed by atoms with Gasteiger partial charge in [-0.2, -0.15) is 5.10 Å². The van der Waals surface area contributed by atoms with Gasteiger partial charge in [0.1, 0.15) is 17.3 Å². The van der Waals surface area contributed by atoms with Crippen LogP contribution in [-0.4, -0.2) is 11.3 Å². The molecule has 0 bridgehead atoms. The maximum atomic E-state index is 12.8. The third kappa shape index (κ3) is 3.14. The molecule has 1 heterocycles. The Kier molecular flexibility index (Phi) is 3.69. The molecule has 18 heavy (non-hydrogen) atoms. The molecule has 0 saturated heterocycles. The second-order valence-electron chi connectivity index (χ2n) is 3.44. The number of hydrogen-bond acceptors (Lipinski definition) is 3. The fraction of sp³-hybridized carbons (Fsp3) is 0. The zero-order valence-electron chi connectivity index (χ0n) is 9.26. The van der Waals surface area contributed by atoms with Crippen LogP contribution in [0, 0.1) is 5.82 Å². The standard InChI is InChI=1S/C12H10FN3OS/c13-9-3-1-8(2-4-9)11-6-5-10(17-11)7-15-16-12(14)18/h1-7H,(H3,14,16,18)/b15-7+. The van der Waals surface area contributed by atoms with E-state index in [4.69, 9.17) is 10.2 Å². The third-order valence-corrected chi connectivity index (χ3v) is 2.21. The number of nitrogens with zero attached hydrogens (tertiary/aromatic N) is 1. The summed E-state index contributed by atoms with van der Waals surface area (Å²) in [4.78, 5) is 0. The van der Waals surface area contributed by atoms with Crippen LogP contribution in [-0.2, 0) is 0 Å². The summed E-state index contributed by atoms with van der Waals surface area (Å²) in [5.41, 5.74) is 8.42. The highest BCUT2D eigenvalue weighted by atomic mass is 32.1. The number of benzene rings is 1. The van der Waals surface area contributed by atoms with Crippen LogP contribution in [0.4, 0.5) is 4.39 Å². The van der Waals surface area contributed by atoms with Crippen LogP contribution in [0.5, 0.6) is 0 Å². The van der Waals surface area contributed by atoms with Crippen molar-refractivity contribution in [1.82, 2.24) is 5.43 Å². The Balaban J connectivity index is 2.12. The van der Waals surface area contributed by atoms with Gasteiger partial charge in [0.05, 0.1) is 6.21 Å². The molecule has 3 N–H and O–H groups in total. The smallest absolute Gasteiger partial charge is 0.184 e. The molecule has 0 radical (unpaired) electrons. The van der Waals surface area contributed by atoms with E-state index in [0.29, 0.717) is 11.5 Å². The SMILES string of the molecule is NC(=S)N/N=C/c1ccc(-c2ccc(F)cc2)o1. The maximum absolute atomic E-state index is 12.8. The maximum Gasteiger partial charge on any atom is 0.184 e. The lowest BCUT2D eigenvalue weighted by atomic mass is 10.2. The molecule has 0 aliphatic rings. The van der Waals surface area contributed by atoms with Crippen molar-refractivity contribution in [3.05, 3.63) is 48.0 Å². The van der Waals surface area contributed by atoms with Crippen molar-refractivity contribution in [3.63, 3.8) is 0 Å². The first kappa shape index (κ1) is 12.3. The Morgan fingerprint density at radius 2 is 2.00 bits per heavy atom. The van der Waals surface area contributed by atoms with E-state index < -0.39 is 0 Å². The van der Waals surface area contributed by atoms with E-state index in [1.54, 1.807) is 24.3 Å². The summed E-state index contributed by atoms with van der Waals surface area (Å²) in [6.07, 6.45) is 1.45. The number of halogens is 1. The van der Waals surface area contributed by atoms with Gasteiger partial charge in [0.25, 0.3) is 0 Å². The monoisotopic (exact) mass is 263 g/mol. The number of furan rings is 1. The average molecular weight is 263 g/mol. The molecule has 2 rings (SSSR count). The molecule has 0 amide bonds. The number of nitrogens with one attached hydrogen (secondary N) is 1. The van der Waals surface area contributed by atoms with Gasteiger partial charge in [-0.25, -0.2) is 4.39 Å². The highest BCUT2D eigenvalue weighted by Gasteiger charge is 2.03. The summed E-state index contributed by atoms with van der Waals surface area (Å²) in [7, 11) is 0. The van der Waals surface area contributed by atoms with Gasteiger partial charge in [0.15, 0.2) is 5.11 Å². The molecule has 1 aromatic carbocycles. The van der Waals surface area contributed by atoms with Gasteiger partial charge in [-0.1, -0.05) is 0 Å². The van der Waals surface area contributed by atoms with Gasteiger partial charge in [-0.3, -0.25) is 5.43 Å². The molecule has 2 aromatic rings. The van der Waals surface area contributed by atoms with E-state index >= 15 is 0 Å². The van der Waals surface area contributed by atoms with E-state index in [1.165, 1.54) is 18.3 Å². The van der Waals surface area contributed by atoms with Crippen molar-refractivity contribution < 1.29 is 8.81 Å². The van der Waals surface area contributed by atoms with Gasteiger partial charge in [0, 0.05) is 5.56 Å². The Morgan fingerprint density at radius 1 is 1.28 bits per heavy atom. The van der Waals surface area contributed by atoms with Crippen molar-refractivity contribution in [2.75, 3.05) is 0 Å². The summed E-state index contributed by atoms with van der Waals surface area (Å²) < 4.78 is 18.3. The number of hydrazone groups is 1. The fourth-order valence-electron chi connectivity index (χ4n) is 1.35. The molecule has 0 unspecified atom stereocenters. The minimum atomic E-state index is -0.284. The molecule has 6 heteroatoms. The summed E-state index contributed by atoms with van der Waals surface area (Å²) in [5, 5.41) is 3.85. The van der Waals surface area contributed by atoms with Gasteiger partial charge in [-0.05, 0) is 48.6 Å². The van der Waals surface area contributed by atoms with Crippen molar-refractivity contribution in [1.29, 1.82) is 0 Å². The summed E-state index contributed by atoms with van der Waals surface area (Å²) in [6.45, 7) is 0. The normalized spacial score (nSPS) is 10.7. The van der Waals surface area contributed by atoms with Crippen LogP contribution in [0.25, 0.3) is 11.3 Å². The Bertz CT molecular complexity index is 577. The van der Waals surface area contributed by atoms with E-state index in [1.807, 2.05) is 0 Å². The summed E-state index contributed by atoms with van der Waals surface area (Å²) in [5.74, 6) is 0.887. The topological polar surface area (TPSA) is 63.5 Å². The van der Waals surface area contributed by atoms with Crippen LogP contribution >= 0.6 is 12.2 Å². The molecule has 0 fully saturated rings. The first-order valence-electron chi connectivity index (χ1n) is 5.09. The van der Waals surface area contributed by atoms with Crippen LogP contribution in [0.1, 0.15) is 5.76 Å². The highest BCUT2D eigenvalue weighted by molar-refractivity contribution is 7.80. The van der Waals surface area contributed by atoms with Crippen LogP contribution in [0.15, 0.2) is 45.9 Å². The van der Waals surface area contributed by atoms with Gasteiger partial charge >= 0.3 is 0 Å². The Labute approximate surface area is 108 Å². The average Bonchev–Trinajstić information content (AvgIpc) is 2.78. The number of hydrogen-bond donors (Lipinski definition) is 2. The Morgan fingerprint density at radius 3 is 2.67 bits per heavy atom. The van der Waals surface area contributed by atoms with E-state index in [-0.39, 0.29) is 10.9 Å². The van der Waals surface area contributed by atoms with Crippen LogP contribution in [0.2, 0.25) is 0 Å². The number of nitrogens with two attached hydrogens (primary N) is 1. The molecular weight excluding hydrogens is 253 g/mol. The number of thiocarbonyl (C=S) groups is 1. The first-order valence-corrected chi connectivity index (χ1v) is 5.50. The van der Waals surface area contributed by atoms with E-state index in [9.17, 15) is 4.39 Å². The van der Waals surface area contributed by atoms with Crippen molar-refractivity contribution in [2.24, 2.45) is 10.8 Å². The predicted octanol–water partition coefficient (Wildman–Crippen LogP) is 2.25. The van der Waals surface area contributed by atoms with E-state index in [2.05, 4.69) is 22.7 Å². The van der Waals surface area contributed by atoms with Gasteiger partial charge in [-0.15, -0.1) is 0 Å². The number of rotatable bonds is 3. The molecule has 0 aliphatic heterocycles. The molecule has 0 spiro atoms. The fourth-order valence-corrected chi connectivity index (χ4v) is 1.40. The van der Waals surface area contributed by atoms with Crippen molar-refractivity contribution >= 4 is 23.5 Å². The molecule has 1 aromatic heterocycles. The van der Waals surface area contributed by atoms with E-state index in [0.717, 1.165) is 5.56 Å². The zero-order chi connectivity index (χ0) is 13.0. The molecule has 92 valence electrons. The highest BCUT2D eigenvalue weighted by Crippen LogP contribution is 2.21. The first-order chi connectivity index (χ1) is 8.65.